The molecular weight excluding hydrogens is 265 g/mol. The Balaban J connectivity index is 1.92. The normalized spacial score (nSPS) is 12.8. The molecule has 0 radical (unpaired) electrons. The minimum Gasteiger partial charge on any atom is -0.304 e. The number of aromatic nitrogens is 2. The Morgan fingerprint density at radius 2 is 1.81 bits per heavy atom. The highest BCUT2D eigenvalue weighted by Gasteiger charge is 2.09. The van der Waals surface area contributed by atoms with Crippen molar-refractivity contribution in [3.8, 4) is 0 Å². The van der Waals surface area contributed by atoms with Gasteiger partial charge >= 0.3 is 0 Å². The molecule has 0 aliphatic heterocycles. The van der Waals surface area contributed by atoms with Crippen LogP contribution in [0.2, 0.25) is 0 Å². The van der Waals surface area contributed by atoms with E-state index >= 15 is 0 Å². The molecule has 21 heavy (non-hydrogen) atoms. The van der Waals surface area contributed by atoms with E-state index in [-0.39, 0.29) is 11.9 Å². The summed E-state index contributed by atoms with van der Waals surface area (Å²) in [5.41, 5.74) is 2.12. The topological polar surface area (TPSA) is 29.9 Å². The van der Waals surface area contributed by atoms with E-state index in [4.69, 9.17) is 0 Å². The standard InChI is InChI=1S/C17H24FN3/c1-4-17(5-2)21-11-10-16(20-21)12-19-13(3)14-6-8-15(18)9-7-14/h6-11,13,17,19H,4-5,12H2,1-3H3/t13-/m1/s1. The van der Waals surface area contributed by atoms with Gasteiger partial charge in [0, 0.05) is 18.8 Å². The minimum atomic E-state index is -0.199. The molecule has 0 fully saturated rings. The molecule has 0 spiro atoms. The van der Waals surface area contributed by atoms with E-state index in [0.29, 0.717) is 12.6 Å². The molecule has 1 aromatic heterocycles. The molecule has 114 valence electrons. The summed E-state index contributed by atoms with van der Waals surface area (Å²) in [6, 6.07) is 9.33. The van der Waals surface area contributed by atoms with Gasteiger partial charge in [-0.15, -0.1) is 0 Å². The van der Waals surface area contributed by atoms with Gasteiger partial charge in [-0.25, -0.2) is 4.39 Å². The summed E-state index contributed by atoms with van der Waals surface area (Å²) in [4.78, 5) is 0. The first-order valence-corrected chi connectivity index (χ1v) is 7.66. The van der Waals surface area contributed by atoms with Crippen molar-refractivity contribution in [3.63, 3.8) is 0 Å². The van der Waals surface area contributed by atoms with E-state index in [1.807, 2.05) is 12.1 Å². The van der Waals surface area contributed by atoms with Crippen LogP contribution in [0.4, 0.5) is 4.39 Å². The lowest BCUT2D eigenvalue weighted by Gasteiger charge is -2.14. The highest BCUT2D eigenvalue weighted by molar-refractivity contribution is 5.19. The van der Waals surface area contributed by atoms with Gasteiger partial charge in [-0.05, 0) is 43.5 Å². The van der Waals surface area contributed by atoms with Crippen molar-refractivity contribution in [2.75, 3.05) is 0 Å². The molecule has 0 unspecified atom stereocenters. The molecule has 1 aromatic carbocycles. The Morgan fingerprint density at radius 1 is 1.14 bits per heavy atom. The highest BCUT2D eigenvalue weighted by atomic mass is 19.1. The Hall–Kier alpha value is -1.68. The summed E-state index contributed by atoms with van der Waals surface area (Å²) in [6.45, 7) is 7.16. The Morgan fingerprint density at radius 3 is 2.43 bits per heavy atom. The van der Waals surface area contributed by atoms with Crippen molar-refractivity contribution in [1.82, 2.24) is 15.1 Å². The molecule has 0 amide bonds. The van der Waals surface area contributed by atoms with E-state index in [1.54, 1.807) is 0 Å². The summed E-state index contributed by atoms with van der Waals surface area (Å²) < 4.78 is 15.0. The molecule has 1 heterocycles. The van der Waals surface area contributed by atoms with Crippen LogP contribution in [-0.2, 0) is 6.54 Å². The smallest absolute Gasteiger partial charge is 0.123 e. The summed E-state index contributed by atoms with van der Waals surface area (Å²) in [7, 11) is 0. The summed E-state index contributed by atoms with van der Waals surface area (Å²) in [5.74, 6) is -0.199. The maximum Gasteiger partial charge on any atom is 0.123 e. The average molecular weight is 289 g/mol. The third kappa shape index (κ3) is 4.14. The number of benzene rings is 1. The van der Waals surface area contributed by atoms with Gasteiger partial charge in [0.1, 0.15) is 5.82 Å². The van der Waals surface area contributed by atoms with Crippen molar-refractivity contribution in [3.05, 3.63) is 53.6 Å². The second-order valence-corrected chi connectivity index (χ2v) is 5.41. The number of rotatable bonds is 7. The van der Waals surface area contributed by atoms with E-state index in [9.17, 15) is 4.39 Å². The maximum atomic E-state index is 12.9. The van der Waals surface area contributed by atoms with Gasteiger partial charge in [0.2, 0.25) is 0 Å². The van der Waals surface area contributed by atoms with E-state index in [0.717, 1.165) is 24.1 Å². The minimum absolute atomic E-state index is 0.170. The Bertz CT molecular complexity index is 543. The predicted octanol–water partition coefficient (Wildman–Crippen LogP) is 4.23. The van der Waals surface area contributed by atoms with Gasteiger partial charge in [-0.1, -0.05) is 26.0 Å². The maximum absolute atomic E-state index is 12.9. The fourth-order valence-electron chi connectivity index (χ4n) is 2.46. The molecule has 1 atom stereocenters. The number of hydrogen-bond donors (Lipinski definition) is 1. The second kappa shape index (κ2) is 7.36. The zero-order chi connectivity index (χ0) is 15.2. The quantitative estimate of drug-likeness (QED) is 0.826. The van der Waals surface area contributed by atoms with Crippen molar-refractivity contribution in [2.24, 2.45) is 0 Å². The fourth-order valence-corrected chi connectivity index (χ4v) is 2.46. The Kier molecular flexibility index (Phi) is 5.51. The largest absolute Gasteiger partial charge is 0.304 e. The molecule has 4 heteroatoms. The molecule has 0 saturated carbocycles. The highest BCUT2D eigenvalue weighted by Crippen LogP contribution is 2.16. The third-order valence-electron chi connectivity index (χ3n) is 3.94. The first-order valence-electron chi connectivity index (χ1n) is 7.66. The number of hydrogen-bond acceptors (Lipinski definition) is 2. The van der Waals surface area contributed by atoms with Gasteiger partial charge in [0.15, 0.2) is 0 Å². The number of nitrogens with zero attached hydrogens (tertiary/aromatic N) is 2. The van der Waals surface area contributed by atoms with Crippen LogP contribution in [0.1, 0.15) is 57.0 Å². The zero-order valence-electron chi connectivity index (χ0n) is 13.0. The first-order chi connectivity index (χ1) is 10.1. The SMILES string of the molecule is CCC(CC)n1ccc(CN[C@H](C)c2ccc(F)cc2)n1. The molecular formula is C17H24FN3. The van der Waals surface area contributed by atoms with Crippen LogP contribution in [0.25, 0.3) is 0 Å². The number of nitrogens with one attached hydrogen (secondary N) is 1. The molecule has 2 aromatic rings. The van der Waals surface area contributed by atoms with Gasteiger partial charge in [-0.2, -0.15) is 5.10 Å². The molecule has 0 aliphatic carbocycles. The van der Waals surface area contributed by atoms with Crippen LogP contribution >= 0.6 is 0 Å². The van der Waals surface area contributed by atoms with Crippen LogP contribution in [0.3, 0.4) is 0 Å². The van der Waals surface area contributed by atoms with Crippen molar-refractivity contribution in [2.45, 2.75) is 52.2 Å². The monoisotopic (exact) mass is 289 g/mol. The van der Waals surface area contributed by atoms with E-state index in [2.05, 4.69) is 48.1 Å². The summed E-state index contributed by atoms with van der Waals surface area (Å²) >= 11 is 0. The van der Waals surface area contributed by atoms with Gasteiger partial charge in [0.25, 0.3) is 0 Å². The number of halogens is 1. The second-order valence-electron chi connectivity index (χ2n) is 5.41. The fraction of sp³-hybridized carbons (Fsp3) is 0.471. The van der Waals surface area contributed by atoms with Crippen molar-refractivity contribution in [1.29, 1.82) is 0 Å². The van der Waals surface area contributed by atoms with Crippen molar-refractivity contribution >= 4 is 0 Å². The average Bonchev–Trinajstić information content (AvgIpc) is 2.96. The van der Waals surface area contributed by atoms with Gasteiger partial charge in [0.05, 0.1) is 11.7 Å². The third-order valence-corrected chi connectivity index (χ3v) is 3.94. The molecule has 0 bridgehead atoms. The molecule has 0 aliphatic rings. The van der Waals surface area contributed by atoms with Crippen LogP contribution in [0.15, 0.2) is 36.5 Å². The predicted molar refractivity (Wildman–Crippen MR) is 83.5 cm³/mol. The lowest BCUT2D eigenvalue weighted by molar-refractivity contribution is 0.423. The van der Waals surface area contributed by atoms with Crippen LogP contribution in [-0.4, -0.2) is 9.78 Å². The van der Waals surface area contributed by atoms with Gasteiger partial charge in [-0.3, -0.25) is 4.68 Å². The van der Waals surface area contributed by atoms with Crippen LogP contribution < -0.4 is 5.32 Å². The van der Waals surface area contributed by atoms with Gasteiger partial charge < -0.3 is 5.32 Å². The molecule has 3 nitrogen and oxygen atoms in total. The summed E-state index contributed by atoms with van der Waals surface area (Å²) in [6.07, 6.45) is 4.24. The summed E-state index contributed by atoms with van der Waals surface area (Å²) in [5, 5.41) is 8.05. The lowest BCUT2D eigenvalue weighted by atomic mass is 10.1. The van der Waals surface area contributed by atoms with Crippen LogP contribution in [0.5, 0.6) is 0 Å². The lowest BCUT2D eigenvalue weighted by Crippen LogP contribution is -2.19. The molecule has 1 N–H and O–H groups in total. The first kappa shape index (κ1) is 15.7. The molecule has 2 rings (SSSR count). The Labute approximate surface area is 126 Å². The van der Waals surface area contributed by atoms with Crippen molar-refractivity contribution < 1.29 is 4.39 Å². The molecule has 0 saturated heterocycles. The van der Waals surface area contributed by atoms with E-state index < -0.39 is 0 Å². The van der Waals surface area contributed by atoms with E-state index in [1.165, 1.54) is 12.1 Å². The zero-order valence-corrected chi connectivity index (χ0v) is 13.0. The van der Waals surface area contributed by atoms with Crippen LogP contribution in [0, 0.1) is 5.82 Å².